The van der Waals surface area contributed by atoms with Gasteiger partial charge in [-0.2, -0.15) is 0 Å². The highest BCUT2D eigenvalue weighted by Crippen LogP contribution is 2.32. The minimum atomic E-state index is -0.441. The highest BCUT2D eigenvalue weighted by Gasteiger charge is 2.13. The number of nitrogens with one attached hydrogen (secondary N) is 2. The van der Waals surface area contributed by atoms with Crippen LogP contribution in [0.3, 0.4) is 0 Å². The zero-order valence-corrected chi connectivity index (χ0v) is 12.3. The number of ether oxygens (including phenoxy) is 2. The molecule has 0 atom stereocenters. The predicted molar refractivity (Wildman–Crippen MR) is 81.7 cm³/mol. The Bertz CT molecular complexity index is 697. The summed E-state index contributed by atoms with van der Waals surface area (Å²) >= 11 is 0. The number of hydrogen-bond acceptors (Lipinski definition) is 5. The second kappa shape index (κ2) is 6.87. The number of anilines is 1. The first-order valence-electron chi connectivity index (χ1n) is 7.23. The topological polar surface area (TPSA) is 89.8 Å². The molecule has 0 aliphatic carbocycles. The molecule has 1 aromatic carbocycles. The molecule has 23 heavy (non-hydrogen) atoms. The Hall–Kier alpha value is -2.96. The lowest BCUT2D eigenvalue weighted by molar-refractivity contribution is -0.115. The molecule has 2 aromatic rings. The van der Waals surface area contributed by atoms with Gasteiger partial charge in [-0.15, -0.1) is 0 Å². The van der Waals surface area contributed by atoms with Crippen LogP contribution >= 0.6 is 0 Å². The molecule has 3 rings (SSSR count). The van der Waals surface area contributed by atoms with Crippen molar-refractivity contribution in [3.05, 3.63) is 42.4 Å². The van der Waals surface area contributed by atoms with Crippen LogP contribution in [0.1, 0.15) is 17.0 Å². The maximum absolute atomic E-state index is 11.9. The van der Waals surface area contributed by atoms with Gasteiger partial charge in [0.15, 0.2) is 17.3 Å². The number of carbonyl (C=O) groups is 2. The predicted octanol–water partition coefficient (Wildman–Crippen LogP) is 1.81. The quantitative estimate of drug-likeness (QED) is 0.898. The van der Waals surface area contributed by atoms with Crippen molar-refractivity contribution in [3.8, 4) is 11.5 Å². The maximum atomic E-state index is 11.9. The van der Waals surface area contributed by atoms with Crippen molar-refractivity contribution in [2.24, 2.45) is 0 Å². The molecule has 2 N–H and O–H groups in total. The number of amides is 2. The fourth-order valence-corrected chi connectivity index (χ4v) is 2.10. The van der Waals surface area contributed by atoms with Crippen molar-refractivity contribution >= 4 is 17.5 Å². The molecule has 7 nitrogen and oxygen atoms in total. The average Bonchev–Trinajstić information content (AvgIpc) is 2.99. The second-order valence-electron chi connectivity index (χ2n) is 4.92. The van der Waals surface area contributed by atoms with Crippen LogP contribution in [-0.2, 0) is 4.79 Å². The van der Waals surface area contributed by atoms with Gasteiger partial charge in [0, 0.05) is 18.2 Å². The molecule has 7 heteroatoms. The van der Waals surface area contributed by atoms with Crippen molar-refractivity contribution in [2.75, 3.05) is 25.1 Å². The Balaban J connectivity index is 1.55. The van der Waals surface area contributed by atoms with Gasteiger partial charge in [-0.3, -0.25) is 9.59 Å². The molecule has 1 aromatic heterocycles. The molecule has 0 unspecified atom stereocenters. The highest BCUT2D eigenvalue weighted by molar-refractivity contribution is 5.98. The molecular formula is C16H16N2O5. The summed E-state index contributed by atoms with van der Waals surface area (Å²) in [6.07, 6.45) is 2.21. The highest BCUT2D eigenvalue weighted by atomic mass is 16.5. The average molecular weight is 316 g/mol. The number of benzene rings is 1. The van der Waals surface area contributed by atoms with E-state index in [0.717, 1.165) is 6.42 Å². The van der Waals surface area contributed by atoms with Crippen LogP contribution in [0.25, 0.3) is 0 Å². The van der Waals surface area contributed by atoms with E-state index in [4.69, 9.17) is 13.9 Å². The molecule has 1 aliphatic heterocycles. The summed E-state index contributed by atoms with van der Waals surface area (Å²) < 4.78 is 16.0. The van der Waals surface area contributed by atoms with Gasteiger partial charge in [-0.05, 0) is 24.3 Å². The number of rotatable bonds is 4. The maximum Gasteiger partial charge on any atom is 0.287 e. The molecule has 0 bridgehead atoms. The van der Waals surface area contributed by atoms with Gasteiger partial charge in [0.1, 0.15) is 0 Å². The number of hydrogen-bond donors (Lipinski definition) is 2. The molecule has 0 radical (unpaired) electrons. The minimum Gasteiger partial charge on any atom is -0.490 e. The lowest BCUT2D eigenvalue weighted by Gasteiger charge is -2.10. The van der Waals surface area contributed by atoms with Crippen molar-refractivity contribution < 1.29 is 23.5 Å². The summed E-state index contributed by atoms with van der Waals surface area (Å²) in [7, 11) is 0. The van der Waals surface area contributed by atoms with Gasteiger partial charge in [0.25, 0.3) is 5.91 Å². The van der Waals surface area contributed by atoms with Crippen LogP contribution in [0, 0.1) is 0 Å². The van der Waals surface area contributed by atoms with Crippen LogP contribution in [0.15, 0.2) is 41.0 Å². The van der Waals surface area contributed by atoms with Gasteiger partial charge in [-0.1, -0.05) is 0 Å². The lowest BCUT2D eigenvalue weighted by Crippen LogP contribution is -2.32. The Morgan fingerprint density at radius 1 is 1.09 bits per heavy atom. The number of carbonyl (C=O) groups excluding carboxylic acids is 2. The molecule has 2 heterocycles. The first-order chi connectivity index (χ1) is 11.2. The summed E-state index contributed by atoms with van der Waals surface area (Å²) in [5.74, 6) is 0.628. The van der Waals surface area contributed by atoms with E-state index < -0.39 is 5.91 Å². The minimum absolute atomic E-state index is 0.159. The third-order valence-corrected chi connectivity index (χ3v) is 3.19. The largest absolute Gasteiger partial charge is 0.490 e. The molecule has 0 saturated carbocycles. The van der Waals surface area contributed by atoms with E-state index in [1.165, 1.54) is 12.3 Å². The van der Waals surface area contributed by atoms with Crippen LogP contribution in [0.4, 0.5) is 5.69 Å². The summed E-state index contributed by atoms with van der Waals surface area (Å²) in [4.78, 5) is 23.6. The molecule has 0 fully saturated rings. The van der Waals surface area contributed by atoms with E-state index in [2.05, 4.69) is 10.6 Å². The molecule has 1 aliphatic rings. The summed E-state index contributed by atoms with van der Waals surface area (Å²) in [6, 6.07) is 8.30. The first-order valence-corrected chi connectivity index (χ1v) is 7.23. The van der Waals surface area contributed by atoms with Crippen molar-refractivity contribution in [3.63, 3.8) is 0 Å². The fraction of sp³-hybridized carbons (Fsp3) is 0.250. The summed E-state index contributed by atoms with van der Waals surface area (Å²) in [6.45, 7) is 1.02. The Morgan fingerprint density at radius 3 is 2.70 bits per heavy atom. The van der Waals surface area contributed by atoms with Crippen molar-refractivity contribution in [1.29, 1.82) is 0 Å². The number of furan rings is 1. The van der Waals surface area contributed by atoms with E-state index in [9.17, 15) is 9.59 Å². The van der Waals surface area contributed by atoms with Gasteiger partial charge in [0.2, 0.25) is 5.91 Å². The zero-order chi connectivity index (χ0) is 16.1. The monoisotopic (exact) mass is 316 g/mol. The van der Waals surface area contributed by atoms with Gasteiger partial charge in [-0.25, -0.2) is 0 Å². The van der Waals surface area contributed by atoms with Crippen molar-refractivity contribution in [2.45, 2.75) is 6.42 Å². The van der Waals surface area contributed by atoms with Gasteiger partial charge in [0.05, 0.1) is 26.0 Å². The van der Waals surface area contributed by atoms with E-state index in [-0.39, 0.29) is 18.2 Å². The van der Waals surface area contributed by atoms with Crippen LogP contribution < -0.4 is 20.1 Å². The molecule has 0 saturated heterocycles. The number of fused-ring (bicyclic) bond motifs is 1. The molecule has 2 amide bonds. The normalized spacial score (nSPS) is 13.0. The Labute approximate surface area is 132 Å². The van der Waals surface area contributed by atoms with Crippen LogP contribution in [0.2, 0.25) is 0 Å². The second-order valence-corrected chi connectivity index (χ2v) is 4.92. The van der Waals surface area contributed by atoms with E-state index >= 15 is 0 Å². The zero-order valence-electron chi connectivity index (χ0n) is 12.3. The van der Waals surface area contributed by atoms with Gasteiger partial charge < -0.3 is 24.5 Å². The molecule has 120 valence electrons. The fourth-order valence-electron chi connectivity index (χ4n) is 2.10. The smallest absolute Gasteiger partial charge is 0.287 e. The van der Waals surface area contributed by atoms with E-state index in [0.29, 0.717) is 30.4 Å². The van der Waals surface area contributed by atoms with E-state index in [1.807, 2.05) is 0 Å². The standard InChI is InChI=1S/C16H16N2O5/c19-15(10-17-16(20)13-3-1-6-22-13)18-11-4-5-12-14(9-11)23-8-2-7-21-12/h1,3-6,9H,2,7-8,10H2,(H,17,20)(H,18,19). The Kier molecular flexibility index (Phi) is 4.46. The molecule has 0 spiro atoms. The van der Waals surface area contributed by atoms with Gasteiger partial charge >= 0.3 is 0 Å². The summed E-state index contributed by atoms with van der Waals surface area (Å²) in [5, 5.41) is 5.17. The van der Waals surface area contributed by atoms with Crippen LogP contribution in [-0.4, -0.2) is 31.6 Å². The van der Waals surface area contributed by atoms with Crippen molar-refractivity contribution in [1.82, 2.24) is 5.32 Å². The van der Waals surface area contributed by atoms with Crippen LogP contribution in [0.5, 0.6) is 11.5 Å². The third-order valence-electron chi connectivity index (χ3n) is 3.19. The Morgan fingerprint density at radius 2 is 1.91 bits per heavy atom. The first kappa shape index (κ1) is 15.0. The van der Waals surface area contributed by atoms with E-state index in [1.54, 1.807) is 24.3 Å². The SMILES string of the molecule is O=C(CNC(=O)c1ccco1)Nc1ccc2c(c1)OCCCO2. The lowest BCUT2D eigenvalue weighted by atomic mass is 10.2. The molecular weight excluding hydrogens is 300 g/mol. The summed E-state index contributed by atoms with van der Waals surface area (Å²) in [5.41, 5.74) is 0.575. The third kappa shape index (κ3) is 3.82.